The molecule has 2 N–H and O–H groups in total. The zero-order valence-corrected chi connectivity index (χ0v) is 21.1. The second-order valence-corrected chi connectivity index (χ2v) is 9.92. The highest BCUT2D eigenvalue weighted by Crippen LogP contribution is 2.38. The molecule has 3 atom stereocenters. The molecule has 1 aromatic heterocycles. The summed E-state index contributed by atoms with van der Waals surface area (Å²) in [5.41, 5.74) is 3.00. The average molecular weight is 503 g/mol. The summed E-state index contributed by atoms with van der Waals surface area (Å²) in [6, 6.07) is 17.1. The van der Waals surface area contributed by atoms with Crippen molar-refractivity contribution in [3.63, 3.8) is 0 Å². The van der Waals surface area contributed by atoms with E-state index in [9.17, 15) is 9.59 Å². The number of rotatable bonds is 12. The van der Waals surface area contributed by atoms with Gasteiger partial charge in [0.15, 0.2) is 0 Å². The lowest BCUT2D eigenvalue weighted by molar-refractivity contribution is -0.175. The van der Waals surface area contributed by atoms with Crippen molar-refractivity contribution < 1.29 is 19.1 Å². The minimum atomic E-state index is -0.689. The Morgan fingerprint density at radius 1 is 1.14 bits per heavy atom. The van der Waals surface area contributed by atoms with Gasteiger partial charge in [-0.05, 0) is 48.4 Å². The number of hydrogen-bond acceptors (Lipinski definition) is 5. The number of carbonyl (C=O) groups is 2. The van der Waals surface area contributed by atoms with E-state index < -0.39 is 6.04 Å². The van der Waals surface area contributed by atoms with E-state index in [-0.39, 0.29) is 30.4 Å². The molecule has 2 aliphatic rings. The van der Waals surface area contributed by atoms with Crippen LogP contribution in [0.4, 0.5) is 0 Å². The first kappa shape index (κ1) is 25.0. The Hall–Kier alpha value is -3.65. The van der Waals surface area contributed by atoms with Gasteiger partial charge < -0.3 is 24.7 Å². The monoisotopic (exact) mass is 502 g/mol. The van der Waals surface area contributed by atoms with Gasteiger partial charge in [0.1, 0.15) is 18.0 Å². The molecule has 2 fully saturated rings. The normalized spacial score (nSPS) is 19.6. The van der Waals surface area contributed by atoms with E-state index in [1.54, 1.807) is 24.5 Å². The standard InChI is InChI=1S/C29H34N4O4/c1-36-24-12-9-20(10-13-24)15-26(32-27(34)14-11-23-16-30-19-31-23)28(35)33-17-25(22-5-3-2-4-6-22)29(33)37-18-21-7-8-21/h2-6,9-10,12-13,16,19,21,25-26,29H,7-8,11,14-15,17-18H2,1H3,(H,30,31)(H,32,34)/t25?,26?,29-/m1/s1. The molecule has 2 aromatic carbocycles. The maximum Gasteiger partial charge on any atom is 0.247 e. The van der Waals surface area contributed by atoms with Gasteiger partial charge in [0.25, 0.3) is 0 Å². The lowest BCUT2D eigenvalue weighted by atomic mass is 9.88. The molecule has 2 amide bonds. The molecule has 5 rings (SSSR count). The van der Waals surface area contributed by atoms with Crippen molar-refractivity contribution in [3.8, 4) is 5.75 Å². The Kier molecular flexibility index (Phi) is 7.84. The number of hydrogen-bond donors (Lipinski definition) is 2. The Labute approximate surface area is 217 Å². The second-order valence-electron chi connectivity index (χ2n) is 9.92. The fourth-order valence-corrected chi connectivity index (χ4v) is 4.73. The van der Waals surface area contributed by atoms with Crippen LogP contribution in [-0.2, 0) is 27.2 Å². The average Bonchev–Trinajstić information content (AvgIpc) is 3.58. The third-order valence-corrected chi connectivity index (χ3v) is 7.16. The smallest absolute Gasteiger partial charge is 0.247 e. The lowest BCUT2D eigenvalue weighted by Crippen LogP contribution is -2.63. The van der Waals surface area contributed by atoms with E-state index in [0.717, 1.165) is 17.0 Å². The van der Waals surface area contributed by atoms with Crippen LogP contribution in [0.25, 0.3) is 0 Å². The van der Waals surface area contributed by atoms with Gasteiger partial charge in [0.2, 0.25) is 11.8 Å². The highest BCUT2D eigenvalue weighted by atomic mass is 16.5. The van der Waals surface area contributed by atoms with E-state index >= 15 is 0 Å². The highest BCUT2D eigenvalue weighted by molar-refractivity contribution is 5.88. The highest BCUT2D eigenvalue weighted by Gasteiger charge is 2.46. The zero-order valence-electron chi connectivity index (χ0n) is 21.1. The summed E-state index contributed by atoms with van der Waals surface area (Å²) in [6.07, 6.45) is 6.53. The summed E-state index contributed by atoms with van der Waals surface area (Å²) in [5.74, 6) is 1.18. The minimum absolute atomic E-state index is 0.112. The van der Waals surface area contributed by atoms with Crippen LogP contribution in [0.3, 0.4) is 0 Å². The van der Waals surface area contributed by atoms with Gasteiger partial charge in [-0.25, -0.2) is 4.98 Å². The molecular formula is C29H34N4O4. The number of aromatic amines is 1. The van der Waals surface area contributed by atoms with Crippen LogP contribution in [0.5, 0.6) is 5.75 Å². The van der Waals surface area contributed by atoms with Gasteiger partial charge in [-0.15, -0.1) is 0 Å². The molecule has 0 bridgehead atoms. The Balaban J connectivity index is 1.30. The minimum Gasteiger partial charge on any atom is -0.497 e. The van der Waals surface area contributed by atoms with Crippen molar-refractivity contribution >= 4 is 11.8 Å². The van der Waals surface area contributed by atoms with Gasteiger partial charge >= 0.3 is 0 Å². The summed E-state index contributed by atoms with van der Waals surface area (Å²) >= 11 is 0. The number of methoxy groups -OCH3 is 1. The van der Waals surface area contributed by atoms with Gasteiger partial charge in [-0.3, -0.25) is 9.59 Å². The molecule has 0 radical (unpaired) electrons. The third-order valence-electron chi connectivity index (χ3n) is 7.16. The van der Waals surface area contributed by atoms with Gasteiger partial charge in [-0.2, -0.15) is 0 Å². The largest absolute Gasteiger partial charge is 0.497 e. The number of imidazole rings is 1. The van der Waals surface area contributed by atoms with Gasteiger partial charge in [0, 0.05) is 37.2 Å². The molecule has 1 saturated carbocycles. The summed E-state index contributed by atoms with van der Waals surface area (Å²) in [5, 5.41) is 3.01. The maximum absolute atomic E-state index is 13.9. The molecule has 1 aliphatic heterocycles. The van der Waals surface area contributed by atoms with Crippen molar-refractivity contribution in [3.05, 3.63) is 83.9 Å². The number of H-pyrrole nitrogens is 1. The molecule has 2 unspecified atom stereocenters. The Morgan fingerprint density at radius 2 is 1.92 bits per heavy atom. The first-order valence-electron chi connectivity index (χ1n) is 13.0. The molecule has 8 nitrogen and oxygen atoms in total. The molecule has 1 aliphatic carbocycles. The van der Waals surface area contributed by atoms with Crippen molar-refractivity contribution in [1.29, 1.82) is 0 Å². The van der Waals surface area contributed by atoms with E-state index in [4.69, 9.17) is 9.47 Å². The number of amides is 2. The molecule has 8 heteroatoms. The van der Waals surface area contributed by atoms with Crippen molar-refractivity contribution in [2.24, 2.45) is 5.92 Å². The van der Waals surface area contributed by atoms with Crippen molar-refractivity contribution in [2.75, 3.05) is 20.3 Å². The molecule has 2 heterocycles. The van der Waals surface area contributed by atoms with Crippen LogP contribution in [0.15, 0.2) is 67.1 Å². The van der Waals surface area contributed by atoms with Crippen LogP contribution in [-0.4, -0.2) is 59.2 Å². The maximum atomic E-state index is 13.9. The van der Waals surface area contributed by atoms with E-state index in [1.807, 2.05) is 42.5 Å². The van der Waals surface area contributed by atoms with Crippen molar-refractivity contribution in [1.82, 2.24) is 20.2 Å². The Morgan fingerprint density at radius 3 is 2.59 bits per heavy atom. The molecule has 1 saturated heterocycles. The Bertz CT molecular complexity index is 1160. The molecule has 3 aromatic rings. The van der Waals surface area contributed by atoms with Crippen LogP contribution in [0.2, 0.25) is 0 Å². The quantitative estimate of drug-likeness (QED) is 0.395. The zero-order chi connectivity index (χ0) is 25.6. The van der Waals surface area contributed by atoms with E-state index in [0.29, 0.717) is 31.9 Å². The van der Waals surface area contributed by atoms with Crippen molar-refractivity contribution in [2.45, 2.75) is 50.3 Å². The van der Waals surface area contributed by atoms with Crippen LogP contribution < -0.4 is 10.1 Å². The number of benzene rings is 2. The first-order chi connectivity index (χ1) is 18.1. The number of likely N-dealkylation sites (tertiary alicyclic amines) is 1. The SMILES string of the molecule is COc1ccc(CC(NC(=O)CCc2cnc[nH]2)C(=O)N2CC(c3ccccc3)[C@H]2OCC2CC2)cc1. The van der Waals surface area contributed by atoms with Crippen LogP contribution in [0.1, 0.15) is 42.0 Å². The van der Waals surface area contributed by atoms with Crippen LogP contribution >= 0.6 is 0 Å². The van der Waals surface area contributed by atoms with Gasteiger partial charge in [-0.1, -0.05) is 42.5 Å². The van der Waals surface area contributed by atoms with Crippen LogP contribution in [0, 0.1) is 5.92 Å². The molecule has 0 spiro atoms. The predicted octanol–water partition coefficient (Wildman–Crippen LogP) is 3.46. The number of aryl methyl sites for hydroxylation is 1. The number of nitrogens with zero attached hydrogens (tertiary/aromatic N) is 2. The van der Waals surface area contributed by atoms with E-state index in [2.05, 4.69) is 27.4 Å². The summed E-state index contributed by atoms with van der Waals surface area (Å²) in [7, 11) is 1.62. The summed E-state index contributed by atoms with van der Waals surface area (Å²) in [4.78, 5) is 35.6. The van der Waals surface area contributed by atoms with Gasteiger partial charge in [0.05, 0.1) is 20.0 Å². The lowest BCUT2D eigenvalue weighted by Gasteiger charge is -2.49. The van der Waals surface area contributed by atoms with E-state index in [1.165, 1.54) is 18.4 Å². The second kappa shape index (κ2) is 11.6. The molecule has 37 heavy (non-hydrogen) atoms. The summed E-state index contributed by atoms with van der Waals surface area (Å²) < 4.78 is 11.6. The first-order valence-corrected chi connectivity index (χ1v) is 13.0. The number of carbonyl (C=O) groups excluding carboxylic acids is 2. The summed E-state index contributed by atoms with van der Waals surface area (Å²) in [6.45, 7) is 1.23. The number of aromatic nitrogens is 2. The molecule has 194 valence electrons. The fourth-order valence-electron chi connectivity index (χ4n) is 4.73. The number of nitrogens with one attached hydrogen (secondary N) is 2. The predicted molar refractivity (Wildman–Crippen MR) is 139 cm³/mol. The number of ether oxygens (including phenoxy) is 2. The topological polar surface area (TPSA) is 96.5 Å². The fraction of sp³-hybridized carbons (Fsp3) is 0.414. The third kappa shape index (κ3) is 6.38. The molecular weight excluding hydrogens is 468 g/mol.